The highest BCUT2D eigenvalue weighted by Crippen LogP contribution is 2.25. The minimum absolute atomic E-state index is 0.0102. The largest absolute Gasteiger partial charge is 0.481 e. The van der Waals surface area contributed by atoms with E-state index in [1.165, 1.54) is 24.3 Å². The highest BCUT2D eigenvalue weighted by atomic mass is 32.1. The van der Waals surface area contributed by atoms with E-state index in [1.807, 2.05) is 0 Å². The van der Waals surface area contributed by atoms with E-state index in [-0.39, 0.29) is 110 Å². The van der Waals surface area contributed by atoms with E-state index >= 15 is 0 Å². The number of carbonyl (C=O) groups is 16. The van der Waals surface area contributed by atoms with Crippen molar-refractivity contribution < 1.29 is 107 Å². The molecule has 46 heteroatoms. The smallest absolute Gasteiger partial charge is 0.326 e. The summed E-state index contributed by atoms with van der Waals surface area (Å²) in [4.78, 5) is 234. The number of rotatable bonds is 53. The molecule has 2 aliphatic rings. The van der Waals surface area contributed by atoms with Gasteiger partial charge in [0.1, 0.15) is 78.5 Å². The average Bonchev–Trinajstić information content (AvgIpc) is 1.63. The summed E-state index contributed by atoms with van der Waals surface area (Å²) in [6.07, 6.45) is 0.812. The number of aliphatic hydroxyl groups excluding tert-OH is 4. The molecule has 2 aromatic carbocycles. The lowest BCUT2D eigenvalue weighted by molar-refractivity contribution is -0.149. The van der Waals surface area contributed by atoms with Crippen molar-refractivity contribution in [2.24, 2.45) is 22.9 Å². The molecule has 2 fully saturated rings. The number of carbonyl (C=O) groups excluding carboxylic acids is 14. The molecule has 2 aliphatic heterocycles. The maximum atomic E-state index is 14.9. The van der Waals surface area contributed by atoms with Crippen LogP contribution in [0.2, 0.25) is 0 Å². The Kier molecular flexibility index (Phi) is 41.7. The van der Waals surface area contributed by atoms with Crippen LogP contribution < -0.4 is 92.1 Å². The average molecular weight is 1760 g/mol. The topological polar surface area (TPSA) is 730 Å². The van der Waals surface area contributed by atoms with Crippen LogP contribution in [0.3, 0.4) is 0 Å². The molecule has 45 nitrogen and oxygen atoms in total. The number of para-hydroxylation sites is 1. The zero-order valence-corrected chi connectivity index (χ0v) is 69.8. The predicted octanol–water partition coefficient (Wildman–Crippen LogP) is -8.18. The standard InChI is InChI=1S/C78H117N23O22S/c1-41(104)62(98-64(109)47(81)33-45-35-84-40-88-45)73(118)87-36-60(106)89-49(19-8-10-26-79)67(112)99-63(42(2)105)74(119)96-56(38-103)69(114)91-51(24-25-61(107)108)66(111)92-52(20-9-11-27-80)75(120)100-29-13-22-58(100)72(117)93-53(31-43-15-4-3-5-16-43)68(113)95-55(37-102)70(115)97-57(39-124)71(116)90-50(21-12-28-85-78(82)83)65(110)94-54(76(121)101-30-14-23-59(101)77(122)123)32-44-34-86-48-18-7-6-17-46(44)48/h3-7,15-18,34-35,40-42,47,49-59,62-63,86,102-105,124H,8-14,19-33,36-39,79-81H2,1-2H3,(H,84,88)(H,87,118)(H,89,106)(H,90,116)(H,91,114)(H,92,111)(H,93,117)(H,94,110)(H,95,113)(H,96,119)(H,97,115)(H,98,109)(H,99,112)(H,107,108)(H,122,123)(H4,82,83,85)/t41-,42-,47+,49+,50+,51+,52+,53+,54+,55+,56+,57+,58+,59+,62+,63+/m1/s1. The van der Waals surface area contributed by atoms with Gasteiger partial charge in [-0.2, -0.15) is 12.6 Å². The zero-order chi connectivity index (χ0) is 91.3. The van der Waals surface area contributed by atoms with Gasteiger partial charge in [0, 0.05) is 74.4 Å². The van der Waals surface area contributed by atoms with Gasteiger partial charge in [-0.05, 0) is 128 Å². The summed E-state index contributed by atoms with van der Waals surface area (Å²) in [5.74, 6) is -17.7. The fourth-order valence-electron chi connectivity index (χ4n) is 13.9. The van der Waals surface area contributed by atoms with E-state index in [1.54, 1.807) is 60.8 Å². The molecule has 2 aromatic heterocycles. The van der Waals surface area contributed by atoms with E-state index in [4.69, 9.17) is 28.3 Å². The second-order valence-corrected chi connectivity index (χ2v) is 30.5. The number of amides is 14. The third kappa shape index (κ3) is 31.4. The molecule has 0 bridgehead atoms. The number of nitrogens with two attached hydrogens (primary N) is 4. The van der Waals surface area contributed by atoms with Gasteiger partial charge < -0.3 is 142 Å². The Labute approximate surface area is 718 Å². The van der Waals surface area contributed by atoms with E-state index in [0.29, 0.717) is 41.6 Å². The van der Waals surface area contributed by atoms with Gasteiger partial charge in [0.15, 0.2) is 5.96 Å². The predicted molar refractivity (Wildman–Crippen MR) is 447 cm³/mol. The number of aliphatic hydroxyl groups is 4. The number of unbranched alkanes of at least 4 members (excludes halogenated alkanes) is 2. The molecule has 0 aliphatic carbocycles. The number of thiol groups is 1. The van der Waals surface area contributed by atoms with Crippen LogP contribution in [0.25, 0.3) is 10.9 Å². The number of aromatic nitrogens is 3. The molecule has 0 unspecified atom stereocenters. The van der Waals surface area contributed by atoms with Crippen molar-refractivity contribution in [2.45, 2.75) is 220 Å². The van der Waals surface area contributed by atoms with Gasteiger partial charge in [0.05, 0.1) is 50.0 Å². The molecule has 2 saturated heterocycles. The number of H-pyrrole nitrogens is 2. The Hall–Kier alpha value is -12.0. The second-order valence-electron chi connectivity index (χ2n) is 30.2. The summed E-state index contributed by atoms with van der Waals surface area (Å²) >= 11 is 4.30. The highest BCUT2D eigenvalue weighted by Gasteiger charge is 2.43. The highest BCUT2D eigenvalue weighted by molar-refractivity contribution is 7.80. The Morgan fingerprint density at radius 2 is 1.02 bits per heavy atom. The van der Waals surface area contributed by atoms with Gasteiger partial charge in [-0.15, -0.1) is 0 Å². The lowest BCUT2D eigenvalue weighted by atomic mass is 10.0. The summed E-state index contributed by atoms with van der Waals surface area (Å²) in [5.41, 5.74) is 25.2. The van der Waals surface area contributed by atoms with Gasteiger partial charge in [0.25, 0.3) is 0 Å². The summed E-state index contributed by atoms with van der Waals surface area (Å²) < 4.78 is 0. The number of likely N-dealkylation sites (tertiary alicyclic amines) is 2. The number of aliphatic carboxylic acids is 2. The summed E-state index contributed by atoms with van der Waals surface area (Å²) in [6, 6.07) is -6.64. The van der Waals surface area contributed by atoms with Crippen molar-refractivity contribution >= 4 is 124 Å². The molecular formula is C78H117N23O22S. The lowest BCUT2D eigenvalue weighted by Crippen LogP contribution is -2.62. The molecule has 6 rings (SSSR count). The maximum Gasteiger partial charge on any atom is 0.326 e. The number of aromatic amines is 2. The molecule has 124 heavy (non-hydrogen) atoms. The molecule has 30 N–H and O–H groups in total. The molecule has 4 aromatic rings. The molecule has 0 radical (unpaired) electrons. The van der Waals surface area contributed by atoms with Crippen LogP contribution in [0, 0.1) is 5.41 Å². The van der Waals surface area contributed by atoms with Crippen LogP contribution in [0.15, 0.2) is 73.3 Å². The minimum atomic E-state index is -2.00. The Morgan fingerprint density at radius 3 is 1.60 bits per heavy atom. The van der Waals surface area contributed by atoms with Crippen molar-refractivity contribution in [1.82, 2.24) is 93.9 Å². The summed E-state index contributed by atoms with van der Waals surface area (Å²) in [5, 5.41) is 102. The van der Waals surface area contributed by atoms with Crippen molar-refractivity contribution in [3.8, 4) is 0 Å². The van der Waals surface area contributed by atoms with Crippen LogP contribution in [0.1, 0.15) is 121 Å². The number of fused-ring (bicyclic) bond motifs is 1. The normalized spacial score (nSPS) is 17.1. The van der Waals surface area contributed by atoms with Crippen molar-refractivity contribution in [3.05, 3.63) is 90.1 Å². The van der Waals surface area contributed by atoms with Crippen LogP contribution in [-0.4, -0.2) is 311 Å². The van der Waals surface area contributed by atoms with E-state index in [9.17, 15) is 107 Å². The van der Waals surface area contributed by atoms with Crippen molar-refractivity contribution in [3.63, 3.8) is 0 Å². The van der Waals surface area contributed by atoms with Gasteiger partial charge in [-0.3, -0.25) is 77.3 Å². The number of imidazole rings is 1. The van der Waals surface area contributed by atoms with Crippen molar-refractivity contribution in [2.75, 3.05) is 58.2 Å². The molecule has 4 heterocycles. The fourth-order valence-corrected chi connectivity index (χ4v) is 14.2. The first kappa shape index (κ1) is 101. The second kappa shape index (κ2) is 51.2. The number of hydrogen-bond donors (Lipinski definition) is 27. The number of carboxylic acid groups (broad SMARTS) is 2. The molecular weight excluding hydrogens is 1640 g/mol. The molecule has 0 saturated carbocycles. The molecule has 0 spiro atoms. The third-order valence-corrected chi connectivity index (χ3v) is 21.0. The van der Waals surface area contributed by atoms with Crippen molar-refractivity contribution in [1.29, 1.82) is 5.41 Å². The number of guanidine groups is 1. The molecule has 16 atom stereocenters. The number of nitrogens with zero attached hydrogens (tertiary/aromatic N) is 3. The maximum absolute atomic E-state index is 14.9. The minimum Gasteiger partial charge on any atom is -0.481 e. The van der Waals surface area contributed by atoms with Gasteiger partial charge in [-0.1, -0.05) is 48.5 Å². The summed E-state index contributed by atoms with van der Waals surface area (Å²) in [6.45, 7) is -0.565. The third-order valence-electron chi connectivity index (χ3n) is 20.7. The van der Waals surface area contributed by atoms with Crippen LogP contribution >= 0.6 is 12.6 Å². The van der Waals surface area contributed by atoms with E-state index < -0.39 is 236 Å². The Morgan fingerprint density at radius 1 is 0.532 bits per heavy atom. The first-order chi connectivity index (χ1) is 59.1. The Bertz CT molecular complexity index is 4300. The van der Waals surface area contributed by atoms with E-state index in [0.717, 1.165) is 17.2 Å². The Balaban J connectivity index is 1.13. The lowest BCUT2D eigenvalue weighted by Gasteiger charge is -2.31. The van der Waals surface area contributed by atoms with Gasteiger partial charge in [-0.25, -0.2) is 9.78 Å². The van der Waals surface area contributed by atoms with E-state index in [2.05, 4.69) is 96.7 Å². The molecule has 682 valence electrons. The SMILES string of the molecule is C[C@@H](O)[C@H](NC(=O)[C@H](CCCCN)NC(=O)CNC(=O)[C@@H](NC(=O)[C@@H](N)Cc1c[nH]cn1)[C@@H](C)O)C(=O)N[C@@H](CO)C(=O)N[C@@H](CCC(=O)O)C(=O)N[C@@H](CCCCN)C(=O)N1CCC[C@H]1C(=O)N[C@@H](Cc1ccccc1)C(=O)N[C@@H](CO)C(=O)N[C@@H](CS)C(=O)N[C@@H](CCCNC(=N)N)C(=O)N[C@@H](Cc1c[nH]c2ccccc12)C(=O)N1CCC[C@H]1C(=O)O. The number of nitrogens with one attached hydrogen (secondary N) is 16. The number of benzene rings is 2. The number of hydrogen-bond acceptors (Lipinski definition) is 26. The number of carboxylic acids is 2. The first-order valence-electron chi connectivity index (χ1n) is 40.8. The van der Waals surface area contributed by atoms with Gasteiger partial charge >= 0.3 is 11.9 Å². The van der Waals surface area contributed by atoms with Crippen LogP contribution in [-0.2, 0) is 96.0 Å². The zero-order valence-electron chi connectivity index (χ0n) is 68.9. The molecule has 14 amide bonds. The van der Waals surface area contributed by atoms with Gasteiger partial charge in [0.2, 0.25) is 82.7 Å². The fraction of sp³-hybridized carbons (Fsp3) is 0.564. The van der Waals surface area contributed by atoms with Crippen LogP contribution in [0.5, 0.6) is 0 Å². The monoisotopic (exact) mass is 1760 g/mol. The van der Waals surface area contributed by atoms with Crippen LogP contribution in [0.4, 0.5) is 0 Å². The first-order valence-corrected chi connectivity index (χ1v) is 41.4. The quantitative estimate of drug-likeness (QED) is 0.00845. The summed E-state index contributed by atoms with van der Waals surface area (Å²) in [7, 11) is 0.